The Balaban J connectivity index is 1.49. The van der Waals surface area contributed by atoms with E-state index in [1.165, 1.54) is 45.1 Å². The van der Waals surface area contributed by atoms with Crippen molar-refractivity contribution < 1.29 is 26.3 Å². The summed E-state index contributed by atoms with van der Waals surface area (Å²) in [5, 5.41) is 3.86. The second-order valence-electron chi connectivity index (χ2n) is 16.1. The Labute approximate surface area is 320 Å². The van der Waals surface area contributed by atoms with Gasteiger partial charge in [-0.05, 0) is 93.6 Å². The van der Waals surface area contributed by atoms with Crippen molar-refractivity contribution in [2.75, 3.05) is 36.0 Å². The predicted molar refractivity (Wildman–Crippen MR) is 220 cm³/mol. The van der Waals surface area contributed by atoms with E-state index in [0.29, 0.717) is 37.5 Å². The zero-order chi connectivity index (χ0) is 38.4. The summed E-state index contributed by atoms with van der Waals surface area (Å²) in [6.07, 6.45) is 15.9. The molecule has 0 fully saturated rings. The summed E-state index contributed by atoms with van der Waals surface area (Å²) in [4.78, 5) is 2.33. The Bertz CT molecular complexity index is 1940. The van der Waals surface area contributed by atoms with E-state index in [-0.39, 0.29) is 16.6 Å². The fraction of sp³-hybridized carbons (Fsp3) is 0.512. The molecule has 53 heavy (non-hydrogen) atoms. The number of fused-ring (bicyclic) bond motifs is 2. The number of nitrogens with zero attached hydrogens (tertiary/aromatic N) is 2. The van der Waals surface area contributed by atoms with Gasteiger partial charge in [-0.2, -0.15) is 13.0 Å². The van der Waals surface area contributed by atoms with E-state index in [1.54, 1.807) is 0 Å². The first-order valence-corrected chi connectivity index (χ1v) is 22.2. The van der Waals surface area contributed by atoms with Crippen LogP contribution >= 0.6 is 0 Å². The third-order valence-electron chi connectivity index (χ3n) is 11.0. The lowest BCUT2D eigenvalue weighted by Gasteiger charge is -2.27. The minimum Gasteiger partial charge on any atom is -0.385 e. The molecule has 2 heterocycles. The molecule has 288 valence electrons. The fourth-order valence-corrected chi connectivity index (χ4v) is 9.20. The molecule has 0 amide bonds. The first kappa shape index (κ1) is 40.9. The molecule has 8 nitrogen and oxygen atoms in total. The van der Waals surface area contributed by atoms with Gasteiger partial charge in [-0.3, -0.25) is 4.55 Å². The maximum atomic E-state index is 11.4. The molecule has 1 atom stereocenters. The van der Waals surface area contributed by atoms with Crippen molar-refractivity contribution in [3.8, 4) is 0 Å². The Hall–Kier alpha value is -3.31. The van der Waals surface area contributed by atoms with Crippen molar-refractivity contribution in [2.45, 2.75) is 104 Å². The van der Waals surface area contributed by atoms with Gasteiger partial charge in [0.15, 0.2) is 16.8 Å². The summed E-state index contributed by atoms with van der Waals surface area (Å²) >= 11 is -1.77. The average molecular weight is 763 g/mol. The van der Waals surface area contributed by atoms with E-state index < -0.39 is 21.2 Å². The Morgan fingerprint density at radius 2 is 1.62 bits per heavy atom. The van der Waals surface area contributed by atoms with E-state index >= 15 is 0 Å². The van der Waals surface area contributed by atoms with Crippen molar-refractivity contribution in [1.29, 1.82) is 0 Å². The molecule has 1 unspecified atom stereocenters. The van der Waals surface area contributed by atoms with Crippen LogP contribution in [0.4, 0.5) is 11.4 Å². The van der Waals surface area contributed by atoms with Crippen LogP contribution in [0.3, 0.4) is 0 Å². The number of unbranched alkanes of at least 4 members (excludes halogenated alkanes) is 2. The van der Waals surface area contributed by atoms with Crippen LogP contribution in [0.15, 0.2) is 95.4 Å². The molecule has 0 radical (unpaired) electrons. The SMILES string of the molecule is CC(C)CCCNC1=C(/C=C/C2=[N+](CCCCS(=O)O)c3ccccc3C2(C)C)CC/C1=C\C=C1\N(CCCCS(=O)(=O)O)c2ccccc2C1(C)C. The Kier molecular flexibility index (Phi) is 13.4. The number of allylic oxidation sites excluding steroid dienone is 7. The molecule has 1 aliphatic carbocycles. The lowest BCUT2D eigenvalue weighted by atomic mass is 9.81. The topological polar surface area (TPSA) is 110 Å². The lowest BCUT2D eigenvalue weighted by Crippen LogP contribution is -2.28. The van der Waals surface area contributed by atoms with E-state index in [9.17, 15) is 21.7 Å². The highest BCUT2D eigenvalue weighted by Gasteiger charge is 2.44. The first-order chi connectivity index (χ1) is 25.1. The average Bonchev–Trinajstić information content (AvgIpc) is 3.65. The van der Waals surface area contributed by atoms with Crippen LogP contribution in [0.2, 0.25) is 0 Å². The van der Waals surface area contributed by atoms with Crippen LogP contribution in [0.5, 0.6) is 0 Å². The minimum absolute atomic E-state index is 0.187. The van der Waals surface area contributed by atoms with Gasteiger partial charge in [-0.15, -0.1) is 0 Å². The summed E-state index contributed by atoms with van der Waals surface area (Å²) < 4.78 is 55.2. The minimum atomic E-state index is -3.99. The molecule has 10 heteroatoms. The van der Waals surface area contributed by atoms with Gasteiger partial charge < -0.3 is 14.8 Å². The maximum absolute atomic E-state index is 11.4. The molecule has 2 aromatic carbocycles. The number of rotatable bonds is 18. The molecule has 0 saturated carbocycles. The summed E-state index contributed by atoms with van der Waals surface area (Å²) in [6, 6.07) is 17.1. The Morgan fingerprint density at radius 3 is 2.34 bits per heavy atom. The number of benzene rings is 2. The number of nitrogens with one attached hydrogen (secondary N) is 1. The van der Waals surface area contributed by atoms with E-state index in [0.717, 1.165) is 50.9 Å². The predicted octanol–water partition coefficient (Wildman–Crippen LogP) is 8.97. The van der Waals surface area contributed by atoms with Gasteiger partial charge in [0.05, 0.1) is 11.2 Å². The smallest absolute Gasteiger partial charge is 0.264 e. The highest BCUT2D eigenvalue weighted by atomic mass is 32.2. The monoisotopic (exact) mass is 762 g/mol. The number of anilines is 1. The highest BCUT2D eigenvalue weighted by molar-refractivity contribution is 7.85. The fourth-order valence-electron chi connectivity index (χ4n) is 8.18. The molecule has 5 rings (SSSR count). The van der Waals surface area contributed by atoms with Crippen LogP contribution in [0.1, 0.15) is 104 Å². The second-order valence-corrected chi connectivity index (χ2v) is 18.8. The van der Waals surface area contributed by atoms with Crippen molar-refractivity contribution >= 4 is 38.3 Å². The van der Waals surface area contributed by atoms with Crippen LogP contribution in [0.25, 0.3) is 0 Å². The molecule has 2 aliphatic heterocycles. The third kappa shape index (κ3) is 9.87. The van der Waals surface area contributed by atoms with Crippen molar-refractivity contribution in [2.24, 2.45) is 5.92 Å². The largest absolute Gasteiger partial charge is 0.385 e. The molecule has 3 N–H and O–H groups in total. The van der Waals surface area contributed by atoms with Gasteiger partial charge in [0.1, 0.15) is 6.54 Å². The number of hydrogen-bond donors (Lipinski definition) is 3. The van der Waals surface area contributed by atoms with E-state index in [1.807, 2.05) is 0 Å². The molecular formula is C43H60N3O5S2+. The van der Waals surface area contributed by atoms with E-state index in [4.69, 9.17) is 0 Å². The van der Waals surface area contributed by atoms with Crippen LogP contribution in [-0.2, 0) is 32.0 Å². The van der Waals surface area contributed by atoms with Crippen LogP contribution in [0, 0.1) is 5.92 Å². The summed E-state index contributed by atoms with van der Waals surface area (Å²) in [5.74, 6) is 0.714. The zero-order valence-corrected chi connectivity index (χ0v) is 34.2. The van der Waals surface area contributed by atoms with Crippen LogP contribution in [-0.4, -0.2) is 63.2 Å². The summed E-state index contributed by atoms with van der Waals surface area (Å²) in [7, 11) is -3.99. The third-order valence-corrected chi connectivity index (χ3v) is 12.5. The quantitative estimate of drug-likeness (QED) is 0.0602. The van der Waals surface area contributed by atoms with Crippen molar-refractivity contribution in [3.63, 3.8) is 0 Å². The molecule has 0 saturated heterocycles. The van der Waals surface area contributed by atoms with Gasteiger partial charge in [0.2, 0.25) is 5.69 Å². The van der Waals surface area contributed by atoms with Gasteiger partial charge >= 0.3 is 0 Å². The molecule has 0 bridgehead atoms. The first-order valence-electron chi connectivity index (χ1n) is 19.3. The lowest BCUT2D eigenvalue weighted by molar-refractivity contribution is -0.438. The van der Waals surface area contributed by atoms with Gasteiger partial charge in [-0.25, -0.2) is 4.21 Å². The highest BCUT2D eigenvalue weighted by Crippen LogP contribution is 2.48. The van der Waals surface area contributed by atoms with Gasteiger partial charge in [-0.1, -0.05) is 76.2 Å². The summed E-state index contributed by atoms with van der Waals surface area (Å²) in [5.41, 5.74) is 10.7. The van der Waals surface area contributed by atoms with Crippen molar-refractivity contribution in [3.05, 3.63) is 107 Å². The maximum Gasteiger partial charge on any atom is 0.264 e. The normalized spacial score (nSPS) is 20.1. The zero-order valence-electron chi connectivity index (χ0n) is 32.5. The van der Waals surface area contributed by atoms with Gasteiger partial charge in [0, 0.05) is 65.5 Å². The van der Waals surface area contributed by atoms with E-state index in [2.05, 4.69) is 129 Å². The Morgan fingerprint density at radius 1 is 0.906 bits per heavy atom. The number of para-hydroxylation sites is 2. The molecular weight excluding hydrogens is 703 g/mol. The number of hydrogen-bond acceptors (Lipinski definition) is 5. The second kappa shape index (κ2) is 17.4. The molecule has 0 spiro atoms. The molecule has 2 aromatic rings. The standard InChI is InChI=1S/C43H59N3O5S2/c1-32(2)16-15-27-44-41-33(23-25-39-42(3,4)35-17-7-9-19-37(35)45(39)28-11-13-30-52(47)48)21-22-34(41)24-26-40-43(5,6)36-18-8-10-20-38(36)46(40)29-12-14-31-53(49,50)51/h7-10,17-20,23-26,32H,11-16,21-22,27-31H2,1-6H3,(H2,47,48,49,50,51)/p+1/b34-24+,40-26+. The van der Waals surface area contributed by atoms with Crippen molar-refractivity contribution in [1.82, 2.24) is 5.32 Å². The summed E-state index contributed by atoms with van der Waals surface area (Å²) in [6.45, 7) is 16.0. The van der Waals surface area contributed by atoms with Gasteiger partial charge in [0.25, 0.3) is 10.1 Å². The molecule has 0 aromatic heterocycles. The van der Waals surface area contributed by atoms with Crippen LogP contribution < -0.4 is 10.2 Å². The molecule has 3 aliphatic rings.